The van der Waals surface area contributed by atoms with E-state index >= 15 is 0 Å². The number of hydrogen-bond donors (Lipinski definition) is 1. The molecule has 0 aromatic heterocycles. The third-order valence-corrected chi connectivity index (χ3v) is 5.76. The Hall–Kier alpha value is -0.670. The van der Waals surface area contributed by atoms with Crippen LogP contribution >= 0.6 is 11.8 Å². The van der Waals surface area contributed by atoms with Gasteiger partial charge in [0.1, 0.15) is 5.75 Å². The van der Waals surface area contributed by atoms with Gasteiger partial charge in [-0.1, -0.05) is 32.3 Å². The molecule has 0 radical (unpaired) electrons. The minimum absolute atomic E-state index is 0.402. The highest BCUT2D eigenvalue weighted by Crippen LogP contribution is 2.33. The Morgan fingerprint density at radius 3 is 2.71 bits per heavy atom. The number of ether oxygens (including phenoxy) is 1. The Morgan fingerprint density at radius 2 is 2.05 bits per heavy atom. The van der Waals surface area contributed by atoms with Crippen molar-refractivity contribution in [2.75, 3.05) is 13.7 Å². The summed E-state index contributed by atoms with van der Waals surface area (Å²) in [4.78, 5) is 0. The van der Waals surface area contributed by atoms with E-state index < -0.39 is 0 Å². The first-order valence-electron chi connectivity index (χ1n) is 8.26. The number of nitrogens with one attached hydrogen (secondary N) is 1. The second-order valence-corrected chi connectivity index (χ2v) is 7.21. The highest BCUT2D eigenvalue weighted by molar-refractivity contribution is 7.99. The quantitative estimate of drug-likeness (QED) is 0.771. The summed E-state index contributed by atoms with van der Waals surface area (Å²) >= 11 is 2.11. The highest BCUT2D eigenvalue weighted by atomic mass is 32.2. The van der Waals surface area contributed by atoms with Crippen molar-refractivity contribution >= 4 is 11.8 Å². The first kappa shape index (κ1) is 16.7. The van der Waals surface area contributed by atoms with Crippen LogP contribution < -0.4 is 10.1 Å². The van der Waals surface area contributed by atoms with E-state index in [-0.39, 0.29) is 0 Å². The van der Waals surface area contributed by atoms with Gasteiger partial charge in [0.05, 0.1) is 7.11 Å². The normalized spacial score (nSPS) is 17.7. The molecule has 1 unspecified atom stereocenters. The lowest BCUT2D eigenvalue weighted by atomic mass is 10.0. The third kappa shape index (κ3) is 4.93. The SMILES string of the molecule is CCNC(C)c1ccc(OC)c(CSC2CCCCC2)c1. The standard InChI is InChI=1S/C18H29NOS/c1-4-19-14(2)15-10-11-18(20-3)16(12-15)13-21-17-8-6-5-7-9-17/h10-12,14,17,19H,4-9,13H2,1-3H3. The molecule has 1 aromatic carbocycles. The fourth-order valence-electron chi connectivity index (χ4n) is 3.04. The van der Waals surface area contributed by atoms with E-state index in [0.717, 1.165) is 23.3 Å². The molecule has 118 valence electrons. The van der Waals surface area contributed by atoms with E-state index in [4.69, 9.17) is 4.74 Å². The van der Waals surface area contributed by atoms with Crippen LogP contribution in [0.3, 0.4) is 0 Å². The maximum Gasteiger partial charge on any atom is 0.122 e. The van der Waals surface area contributed by atoms with Crippen molar-refractivity contribution < 1.29 is 4.74 Å². The van der Waals surface area contributed by atoms with E-state index in [0.29, 0.717) is 6.04 Å². The molecule has 3 heteroatoms. The number of hydrogen-bond acceptors (Lipinski definition) is 3. The summed E-state index contributed by atoms with van der Waals surface area (Å²) in [5, 5.41) is 4.33. The number of methoxy groups -OCH3 is 1. The summed E-state index contributed by atoms with van der Waals surface area (Å²) < 4.78 is 5.55. The second-order valence-electron chi connectivity index (χ2n) is 5.92. The van der Waals surface area contributed by atoms with Crippen molar-refractivity contribution in [3.63, 3.8) is 0 Å². The Bertz CT molecular complexity index is 429. The Balaban J connectivity index is 2.02. The first-order valence-corrected chi connectivity index (χ1v) is 9.31. The van der Waals surface area contributed by atoms with Gasteiger partial charge in [0, 0.05) is 22.6 Å². The molecule has 1 aliphatic rings. The summed E-state index contributed by atoms with van der Waals surface area (Å²) in [7, 11) is 1.78. The van der Waals surface area contributed by atoms with Crippen molar-refractivity contribution in [1.29, 1.82) is 0 Å². The second kappa shape index (κ2) is 8.70. The molecular formula is C18H29NOS. The van der Waals surface area contributed by atoms with Crippen LogP contribution in [0.15, 0.2) is 18.2 Å². The predicted molar refractivity (Wildman–Crippen MR) is 93.3 cm³/mol. The van der Waals surface area contributed by atoms with E-state index in [1.54, 1.807) is 7.11 Å². The van der Waals surface area contributed by atoms with Crippen LogP contribution in [0.5, 0.6) is 5.75 Å². The van der Waals surface area contributed by atoms with Crippen LogP contribution in [-0.4, -0.2) is 18.9 Å². The fraction of sp³-hybridized carbons (Fsp3) is 0.667. The summed E-state index contributed by atoms with van der Waals surface area (Å²) in [6.45, 7) is 5.38. The molecule has 2 nitrogen and oxygen atoms in total. The average molecular weight is 308 g/mol. The number of benzene rings is 1. The van der Waals surface area contributed by atoms with Crippen molar-refractivity contribution in [1.82, 2.24) is 5.32 Å². The predicted octanol–water partition coefficient (Wildman–Crippen LogP) is 4.93. The summed E-state index contributed by atoms with van der Waals surface area (Å²) in [6.07, 6.45) is 7.02. The lowest BCUT2D eigenvalue weighted by molar-refractivity contribution is 0.411. The molecule has 0 aliphatic heterocycles. The van der Waals surface area contributed by atoms with Crippen molar-refractivity contribution in [2.24, 2.45) is 0 Å². The van der Waals surface area contributed by atoms with Gasteiger partial charge in [0.2, 0.25) is 0 Å². The van der Waals surface area contributed by atoms with E-state index in [1.165, 1.54) is 43.2 Å². The molecular weight excluding hydrogens is 278 g/mol. The third-order valence-electron chi connectivity index (χ3n) is 4.34. The molecule has 0 amide bonds. The van der Waals surface area contributed by atoms with E-state index in [1.807, 2.05) is 0 Å². The number of thioether (sulfide) groups is 1. The molecule has 0 saturated heterocycles. The van der Waals surface area contributed by atoms with Crippen molar-refractivity contribution in [3.05, 3.63) is 29.3 Å². The molecule has 1 N–H and O–H groups in total. The maximum absolute atomic E-state index is 5.55. The van der Waals surface area contributed by atoms with Gasteiger partial charge in [-0.2, -0.15) is 11.8 Å². The van der Waals surface area contributed by atoms with Gasteiger partial charge in [-0.3, -0.25) is 0 Å². The first-order chi connectivity index (χ1) is 10.2. The van der Waals surface area contributed by atoms with Gasteiger partial charge in [0.15, 0.2) is 0 Å². The maximum atomic E-state index is 5.55. The lowest BCUT2D eigenvalue weighted by Gasteiger charge is -2.22. The largest absolute Gasteiger partial charge is 0.496 e. The van der Waals surface area contributed by atoms with Crippen LogP contribution in [0.2, 0.25) is 0 Å². The van der Waals surface area contributed by atoms with Crippen LogP contribution in [0.4, 0.5) is 0 Å². The molecule has 21 heavy (non-hydrogen) atoms. The smallest absolute Gasteiger partial charge is 0.122 e. The Kier molecular flexibility index (Phi) is 6.91. The van der Waals surface area contributed by atoms with Crippen LogP contribution in [0.25, 0.3) is 0 Å². The molecule has 1 saturated carbocycles. The summed E-state index contributed by atoms with van der Waals surface area (Å²) in [5.74, 6) is 2.10. The van der Waals surface area contributed by atoms with Crippen LogP contribution in [-0.2, 0) is 5.75 Å². The monoisotopic (exact) mass is 307 g/mol. The van der Waals surface area contributed by atoms with Gasteiger partial charge >= 0.3 is 0 Å². The summed E-state index contributed by atoms with van der Waals surface area (Å²) in [6, 6.07) is 7.03. The van der Waals surface area contributed by atoms with Gasteiger partial charge in [-0.15, -0.1) is 0 Å². The van der Waals surface area contributed by atoms with Crippen LogP contribution in [0.1, 0.15) is 63.1 Å². The molecule has 0 bridgehead atoms. The van der Waals surface area contributed by atoms with Gasteiger partial charge in [-0.25, -0.2) is 0 Å². The highest BCUT2D eigenvalue weighted by Gasteiger charge is 2.15. The Labute approximate surface area is 134 Å². The molecule has 1 aromatic rings. The average Bonchev–Trinajstić information content (AvgIpc) is 2.54. The van der Waals surface area contributed by atoms with Crippen molar-refractivity contribution in [2.45, 2.75) is 63.0 Å². The number of rotatable bonds is 7. The van der Waals surface area contributed by atoms with Gasteiger partial charge in [-0.05, 0) is 44.0 Å². The zero-order valence-electron chi connectivity index (χ0n) is 13.7. The Morgan fingerprint density at radius 1 is 1.29 bits per heavy atom. The minimum atomic E-state index is 0.402. The molecule has 1 atom stereocenters. The molecule has 0 heterocycles. The molecule has 1 fully saturated rings. The zero-order chi connectivity index (χ0) is 15.1. The molecule has 0 spiro atoms. The van der Waals surface area contributed by atoms with Gasteiger partial charge in [0.25, 0.3) is 0 Å². The summed E-state index contributed by atoms with van der Waals surface area (Å²) in [5.41, 5.74) is 2.70. The van der Waals surface area contributed by atoms with E-state index in [2.05, 4.69) is 49.1 Å². The van der Waals surface area contributed by atoms with E-state index in [9.17, 15) is 0 Å². The topological polar surface area (TPSA) is 21.3 Å². The molecule has 2 rings (SSSR count). The van der Waals surface area contributed by atoms with Crippen molar-refractivity contribution in [3.8, 4) is 5.75 Å². The minimum Gasteiger partial charge on any atom is -0.496 e. The molecule has 1 aliphatic carbocycles. The lowest BCUT2D eigenvalue weighted by Crippen LogP contribution is -2.17. The zero-order valence-corrected chi connectivity index (χ0v) is 14.5. The van der Waals surface area contributed by atoms with Crippen LogP contribution in [0, 0.1) is 0 Å². The van der Waals surface area contributed by atoms with Gasteiger partial charge < -0.3 is 10.1 Å². The fourth-order valence-corrected chi connectivity index (χ4v) is 4.35.